The first-order valence-corrected chi connectivity index (χ1v) is 9.56. The number of carbonyl (C=O) groups excluding carboxylic acids is 3. The maximum absolute atomic E-state index is 13.1. The molecule has 1 N–H and O–H groups in total. The average molecular weight is 383 g/mol. The van der Waals surface area contributed by atoms with Crippen molar-refractivity contribution in [3.63, 3.8) is 0 Å². The van der Waals surface area contributed by atoms with Crippen LogP contribution in [0.3, 0.4) is 0 Å². The Morgan fingerprint density at radius 3 is 2.46 bits per heavy atom. The molecule has 4 rings (SSSR count). The van der Waals surface area contributed by atoms with Crippen molar-refractivity contribution < 1.29 is 18.8 Å². The highest BCUT2D eigenvalue weighted by Gasteiger charge is 2.51. The smallest absolute Gasteiger partial charge is 0.325 e. The minimum absolute atomic E-state index is 0.229. The average Bonchev–Trinajstić information content (AvgIpc) is 3.27. The topological polar surface area (TPSA) is 84.5 Å². The van der Waals surface area contributed by atoms with Crippen LogP contribution in [-0.2, 0) is 10.3 Å². The lowest BCUT2D eigenvalue weighted by atomic mass is 9.92. The summed E-state index contributed by atoms with van der Waals surface area (Å²) >= 11 is 0. The summed E-state index contributed by atoms with van der Waals surface area (Å²) in [5, 5.41) is 2.74. The molecule has 1 aliphatic heterocycles. The molecule has 0 aromatic carbocycles. The van der Waals surface area contributed by atoms with Crippen LogP contribution in [0.25, 0.3) is 0 Å². The number of nitrogens with one attached hydrogen (secondary N) is 1. The third kappa shape index (κ3) is 2.68. The molecule has 1 saturated heterocycles. The molecular weight excluding hydrogens is 358 g/mol. The van der Waals surface area contributed by atoms with Crippen LogP contribution in [0.15, 0.2) is 16.5 Å². The van der Waals surface area contributed by atoms with Crippen LogP contribution < -0.4 is 5.32 Å². The Hall–Kier alpha value is -2.83. The van der Waals surface area contributed by atoms with Gasteiger partial charge in [0.1, 0.15) is 17.1 Å². The molecule has 1 saturated carbocycles. The van der Waals surface area contributed by atoms with Crippen LogP contribution in [0.2, 0.25) is 0 Å². The Balaban J connectivity index is 1.59. The van der Waals surface area contributed by atoms with Gasteiger partial charge in [-0.15, -0.1) is 0 Å². The van der Waals surface area contributed by atoms with Gasteiger partial charge < -0.3 is 14.3 Å². The standard InChI is InChI=1S/C21H25N3O4/c1-11-8-16(13(3)24(11)15-6-7-15)18(25)10-23-19(26)21(5,22-20(23)27)17-9-12(2)28-14(17)4/h8-9,15H,6-7,10H2,1-5H3,(H,22,27)/t21-/m0/s1. The van der Waals surface area contributed by atoms with Gasteiger partial charge in [-0.1, -0.05) is 0 Å². The number of urea groups is 1. The molecule has 1 aliphatic carbocycles. The summed E-state index contributed by atoms with van der Waals surface area (Å²) in [5.41, 5.74) is 1.90. The Morgan fingerprint density at radius 1 is 1.21 bits per heavy atom. The third-order valence-electron chi connectivity index (χ3n) is 5.85. The zero-order chi connectivity index (χ0) is 20.4. The van der Waals surface area contributed by atoms with Crippen molar-refractivity contribution in [2.75, 3.05) is 6.54 Å². The predicted octanol–water partition coefficient (Wildman–Crippen LogP) is 3.30. The molecule has 1 atom stereocenters. The maximum atomic E-state index is 13.1. The van der Waals surface area contributed by atoms with E-state index >= 15 is 0 Å². The third-order valence-corrected chi connectivity index (χ3v) is 5.85. The van der Waals surface area contributed by atoms with E-state index in [4.69, 9.17) is 4.42 Å². The molecule has 0 spiro atoms. The van der Waals surface area contributed by atoms with Crippen LogP contribution in [0.5, 0.6) is 0 Å². The molecular formula is C21H25N3O4. The number of rotatable bonds is 5. The minimum Gasteiger partial charge on any atom is -0.466 e. The lowest BCUT2D eigenvalue weighted by Gasteiger charge is -2.21. The summed E-state index contributed by atoms with van der Waals surface area (Å²) in [4.78, 5) is 39.6. The van der Waals surface area contributed by atoms with Crippen molar-refractivity contribution in [2.45, 2.75) is 59.0 Å². The van der Waals surface area contributed by atoms with E-state index in [-0.39, 0.29) is 12.3 Å². The van der Waals surface area contributed by atoms with E-state index in [0.29, 0.717) is 28.7 Å². The van der Waals surface area contributed by atoms with Crippen LogP contribution in [0.4, 0.5) is 4.79 Å². The Bertz CT molecular complexity index is 1010. The van der Waals surface area contributed by atoms with Gasteiger partial charge in [0.25, 0.3) is 5.91 Å². The Kier molecular flexibility index (Phi) is 4.03. The second-order valence-corrected chi connectivity index (χ2v) is 8.08. The quantitative estimate of drug-likeness (QED) is 0.634. The highest BCUT2D eigenvalue weighted by atomic mass is 16.3. The number of imide groups is 1. The minimum atomic E-state index is -1.23. The van der Waals surface area contributed by atoms with Gasteiger partial charge in [0.05, 0.1) is 6.54 Å². The second kappa shape index (κ2) is 6.09. The lowest BCUT2D eigenvalue weighted by Crippen LogP contribution is -2.41. The van der Waals surface area contributed by atoms with Gasteiger partial charge in [-0.25, -0.2) is 4.79 Å². The summed E-state index contributed by atoms with van der Waals surface area (Å²) < 4.78 is 7.71. The molecule has 7 nitrogen and oxygen atoms in total. The molecule has 28 heavy (non-hydrogen) atoms. The van der Waals surface area contributed by atoms with Crippen molar-refractivity contribution in [1.29, 1.82) is 0 Å². The van der Waals surface area contributed by atoms with Gasteiger partial charge in [-0.05, 0) is 59.6 Å². The molecule has 0 unspecified atom stereocenters. The number of carbonyl (C=O) groups is 3. The van der Waals surface area contributed by atoms with Crippen molar-refractivity contribution >= 4 is 17.7 Å². The molecule has 2 fully saturated rings. The summed E-state index contributed by atoms with van der Waals surface area (Å²) in [6, 6.07) is 3.52. The molecule has 0 bridgehead atoms. The second-order valence-electron chi connectivity index (χ2n) is 8.08. The van der Waals surface area contributed by atoms with Gasteiger partial charge >= 0.3 is 6.03 Å². The summed E-state index contributed by atoms with van der Waals surface area (Å²) in [6.07, 6.45) is 2.25. The van der Waals surface area contributed by atoms with Crippen LogP contribution in [0.1, 0.15) is 64.6 Å². The number of nitrogens with zero attached hydrogens (tertiary/aromatic N) is 2. The Morgan fingerprint density at radius 2 is 1.89 bits per heavy atom. The van der Waals surface area contributed by atoms with Crippen molar-refractivity contribution in [2.24, 2.45) is 0 Å². The van der Waals surface area contributed by atoms with Gasteiger partial charge in [0.2, 0.25) is 0 Å². The van der Waals surface area contributed by atoms with Gasteiger partial charge in [0.15, 0.2) is 5.78 Å². The first kappa shape index (κ1) is 18.5. The fourth-order valence-electron chi connectivity index (χ4n) is 4.33. The summed E-state index contributed by atoms with van der Waals surface area (Å²) in [6.45, 7) is 8.83. The SMILES string of the molecule is Cc1cc([C@]2(C)NC(=O)N(CC(=O)c3cc(C)n(C4CC4)c3C)C2=O)c(C)o1. The molecule has 2 aromatic heterocycles. The van der Waals surface area contributed by atoms with E-state index in [1.54, 1.807) is 26.8 Å². The number of hydrogen-bond acceptors (Lipinski definition) is 4. The largest absolute Gasteiger partial charge is 0.466 e. The molecule has 2 aliphatic rings. The van der Waals surface area contributed by atoms with Crippen LogP contribution in [-0.4, -0.2) is 33.7 Å². The van der Waals surface area contributed by atoms with E-state index < -0.39 is 17.5 Å². The maximum Gasteiger partial charge on any atom is 0.325 e. The van der Waals surface area contributed by atoms with E-state index in [0.717, 1.165) is 29.1 Å². The normalized spacial score (nSPS) is 22.1. The molecule has 3 heterocycles. The molecule has 2 aromatic rings. The predicted molar refractivity (Wildman–Crippen MR) is 102 cm³/mol. The van der Waals surface area contributed by atoms with Gasteiger partial charge in [-0.2, -0.15) is 0 Å². The van der Waals surface area contributed by atoms with E-state index in [1.807, 2.05) is 19.9 Å². The van der Waals surface area contributed by atoms with Crippen molar-refractivity contribution in [3.8, 4) is 0 Å². The molecule has 0 radical (unpaired) electrons. The fraction of sp³-hybridized carbons (Fsp3) is 0.476. The van der Waals surface area contributed by atoms with E-state index in [9.17, 15) is 14.4 Å². The van der Waals surface area contributed by atoms with Crippen LogP contribution in [0, 0.1) is 27.7 Å². The number of aromatic nitrogens is 1. The highest BCUT2D eigenvalue weighted by molar-refractivity contribution is 6.11. The lowest BCUT2D eigenvalue weighted by molar-refractivity contribution is -0.130. The molecule has 7 heteroatoms. The van der Waals surface area contributed by atoms with Crippen molar-refractivity contribution in [3.05, 3.63) is 46.2 Å². The zero-order valence-electron chi connectivity index (χ0n) is 16.9. The monoisotopic (exact) mass is 383 g/mol. The number of ketones is 1. The fourth-order valence-corrected chi connectivity index (χ4v) is 4.33. The summed E-state index contributed by atoms with van der Waals surface area (Å²) in [5.74, 6) is 0.575. The van der Waals surface area contributed by atoms with E-state index in [2.05, 4.69) is 9.88 Å². The highest BCUT2D eigenvalue weighted by Crippen LogP contribution is 2.38. The molecule has 148 valence electrons. The first-order chi connectivity index (χ1) is 13.1. The molecule has 3 amide bonds. The summed E-state index contributed by atoms with van der Waals surface area (Å²) in [7, 11) is 0. The van der Waals surface area contributed by atoms with Gasteiger partial charge in [0, 0.05) is 28.6 Å². The zero-order valence-corrected chi connectivity index (χ0v) is 16.9. The van der Waals surface area contributed by atoms with Crippen LogP contribution >= 0.6 is 0 Å². The number of hydrogen-bond donors (Lipinski definition) is 1. The van der Waals surface area contributed by atoms with E-state index in [1.165, 1.54) is 0 Å². The number of amides is 3. The number of Topliss-reactive ketones (excluding diaryl/α,β-unsaturated/α-hetero) is 1. The number of furan rings is 1. The first-order valence-electron chi connectivity index (χ1n) is 9.56. The van der Waals surface area contributed by atoms with Gasteiger partial charge in [-0.3, -0.25) is 14.5 Å². The van der Waals surface area contributed by atoms with Crippen molar-refractivity contribution in [1.82, 2.24) is 14.8 Å². The number of aryl methyl sites for hydroxylation is 3. The Labute approximate surface area is 163 Å².